The maximum absolute atomic E-state index is 12.4. The Bertz CT molecular complexity index is 1160. The normalized spacial score (nSPS) is 10.5. The molecule has 0 spiro atoms. The molecule has 154 valence electrons. The standard InChI is InChI=1S/C22H21ClN4O3/c1-3-20(28)25-19-12-15(9-8-14(19)2)17-10-11-22(30)27(26-17)13-21(29)24-18-7-5-4-6-16(18)23/h4-12H,3,13H2,1-2H3,(H,24,29)(H,25,28). The minimum atomic E-state index is -0.422. The SMILES string of the molecule is CCC(=O)Nc1cc(-c2ccc(=O)n(CC(=O)Nc3ccccc3Cl)n2)ccc1C. The zero-order valence-electron chi connectivity index (χ0n) is 16.6. The molecular weight excluding hydrogens is 404 g/mol. The zero-order valence-corrected chi connectivity index (χ0v) is 17.4. The van der Waals surface area contributed by atoms with Crippen LogP contribution >= 0.6 is 11.6 Å². The first-order valence-electron chi connectivity index (χ1n) is 9.41. The van der Waals surface area contributed by atoms with Gasteiger partial charge in [0.05, 0.1) is 16.4 Å². The average Bonchev–Trinajstić information content (AvgIpc) is 2.73. The van der Waals surface area contributed by atoms with E-state index in [0.717, 1.165) is 10.2 Å². The van der Waals surface area contributed by atoms with Gasteiger partial charge in [0, 0.05) is 23.7 Å². The minimum Gasteiger partial charge on any atom is -0.326 e. The van der Waals surface area contributed by atoms with Crippen molar-refractivity contribution in [1.29, 1.82) is 0 Å². The van der Waals surface area contributed by atoms with Crippen LogP contribution in [0.2, 0.25) is 5.02 Å². The molecule has 3 rings (SSSR count). The van der Waals surface area contributed by atoms with E-state index in [1.54, 1.807) is 43.3 Å². The van der Waals surface area contributed by atoms with Crippen molar-refractivity contribution in [2.45, 2.75) is 26.8 Å². The predicted octanol–water partition coefficient (Wildman–Crippen LogP) is 3.86. The molecule has 0 aliphatic carbocycles. The third-order valence-electron chi connectivity index (χ3n) is 4.44. The van der Waals surface area contributed by atoms with Crippen LogP contribution in [-0.4, -0.2) is 21.6 Å². The van der Waals surface area contributed by atoms with Crippen molar-refractivity contribution in [3.63, 3.8) is 0 Å². The van der Waals surface area contributed by atoms with Gasteiger partial charge in [0.2, 0.25) is 11.8 Å². The van der Waals surface area contributed by atoms with Gasteiger partial charge in [-0.15, -0.1) is 0 Å². The molecule has 0 bridgehead atoms. The summed E-state index contributed by atoms with van der Waals surface area (Å²) in [5, 5.41) is 10.2. The van der Waals surface area contributed by atoms with E-state index in [1.807, 2.05) is 19.1 Å². The van der Waals surface area contributed by atoms with Crippen molar-refractivity contribution in [2.24, 2.45) is 0 Å². The van der Waals surface area contributed by atoms with Gasteiger partial charge in [0.15, 0.2) is 0 Å². The second-order valence-electron chi connectivity index (χ2n) is 6.67. The van der Waals surface area contributed by atoms with Gasteiger partial charge < -0.3 is 10.6 Å². The second-order valence-corrected chi connectivity index (χ2v) is 7.08. The third-order valence-corrected chi connectivity index (χ3v) is 4.77. The maximum Gasteiger partial charge on any atom is 0.267 e. The highest BCUT2D eigenvalue weighted by atomic mass is 35.5. The van der Waals surface area contributed by atoms with Crippen LogP contribution in [0.5, 0.6) is 0 Å². The molecule has 2 amide bonds. The summed E-state index contributed by atoms with van der Waals surface area (Å²) in [6, 6.07) is 15.3. The second kappa shape index (κ2) is 9.37. The number of rotatable bonds is 6. The molecular formula is C22H21ClN4O3. The highest BCUT2D eigenvalue weighted by Gasteiger charge is 2.11. The minimum absolute atomic E-state index is 0.0931. The Morgan fingerprint density at radius 2 is 1.73 bits per heavy atom. The smallest absolute Gasteiger partial charge is 0.267 e. The number of carbonyl (C=O) groups is 2. The molecule has 1 heterocycles. The lowest BCUT2D eigenvalue weighted by atomic mass is 10.1. The van der Waals surface area contributed by atoms with Gasteiger partial charge in [-0.2, -0.15) is 5.10 Å². The zero-order chi connectivity index (χ0) is 21.7. The van der Waals surface area contributed by atoms with Gasteiger partial charge in [-0.25, -0.2) is 4.68 Å². The molecule has 0 fully saturated rings. The maximum atomic E-state index is 12.4. The average molecular weight is 425 g/mol. The van der Waals surface area contributed by atoms with Crippen molar-refractivity contribution in [1.82, 2.24) is 9.78 Å². The number of anilines is 2. The number of amides is 2. The number of benzene rings is 2. The first-order chi connectivity index (χ1) is 14.4. The Balaban J connectivity index is 1.84. The van der Waals surface area contributed by atoms with Gasteiger partial charge in [-0.3, -0.25) is 14.4 Å². The lowest BCUT2D eigenvalue weighted by Gasteiger charge is -2.11. The highest BCUT2D eigenvalue weighted by Crippen LogP contribution is 2.24. The summed E-state index contributed by atoms with van der Waals surface area (Å²) >= 11 is 6.05. The molecule has 0 atom stereocenters. The van der Waals surface area contributed by atoms with Crippen LogP contribution in [0.1, 0.15) is 18.9 Å². The van der Waals surface area contributed by atoms with Crippen LogP contribution < -0.4 is 16.2 Å². The number of hydrogen-bond acceptors (Lipinski definition) is 4. The molecule has 3 aromatic rings. The molecule has 0 aliphatic rings. The number of aryl methyl sites for hydroxylation is 1. The summed E-state index contributed by atoms with van der Waals surface area (Å²) in [6.07, 6.45) is 0.368. The van der Waals surface area contributed by atoms with Crippen LogP contribution in [0.15, 0.2) is 59.4 Å². The Morgan fingerprint density at radius 3 is 2.47 bits per heavy atom. The van der Waals surface area contributed by atoms with Crippen LogP contribution in [0, 0.1) is 6.92 Å². The van der Waals surface area contributed by atoms with Gasteiger partial charge in [0.1, 0.15) is 6.54 Å². The van der Waals surface area contributed by atoms with E-state index in [0.29, 0.717) is 34.1 Å². The number of halogens is 1. The van der Waals surface area contributed by atoms with Gasteiger partial charge in [-0.1, -0.05) is 42.8 Å². The van der Waals surface area contributed by atoms with E-state index in [4.69, 9.17) is 11.6 Å². The summed E-state index contributed by atoms with van der Waals surface area (Å²) < 4.78 is 1.09. The molecule has 30 heavy (non-hydrogen) atoms. The van der Waals surface area contributed by atoms with Crippen LogP contribution in [0.4, 0.5) is 11.4 Å². The van der Waals surface area contributed by atoms with Crippen molar-refractivity contribution in [2.75, 3.05) is 10.6 Å². The monoisotopic (exact) mass is 424 g/mol. The molecule has 2 aromatic carbocycles. The first kappa shape index (κ1) is 21.3. The molecule has 0 aliphatic heterocycles. The number of aromatic nitrogens is 2. The van der Waals surface area contributed by atoms with E-state index in [2.05, 4.69) is 15.7 Å². The summed E-state index contributed by atoms with van der Waals surface area (Å²) in [5.74, 6) is -0.515. The summed E-state index contributed by atoms with van der Waals surface area (Å²) in [5.41, 5.74) is 2.87. The Morgan fingerprint density at radius 1 is 1.00 bits per heavy atom. The van der Waals surface area contributed by atoms with E-state index in [9.17, 15) is 14.4 Å². The number of carbonyl (C=O) groups excluding carboxylic acids is 2. The lowest BCUT2D eigenvalue weighted by Crippen LogP contribution is -2.29. The Labute approximate surface area is 178 Å². The molecule has 2 N–H and O–H groups in total. The first-order valence-corrected chi connectivity index (χ1v) is 9.78. The predicted molar refractivity (Wildman–Crippen MR) is 118 cm³/mol. The van der Waals surface area contributed by atoms with Crippen molar-refractivity contribution in [3.05, 3.63) is 75.5 Å². The Hall–Kier alpha value is -3.45. The molecule has 8 heteroatoms. The van der Waals surface area contributed by atoms with E-state index in [1.165, 1.54) is 6.07 Å². The van der Waals surface area contributed by atoms with Crippen molar-refractivity contribution < 1.29 is 9.59 Å². The van der Waals surface area contributed by atoms with Crippen molar-refractivity contribution >= 4 is 34.8 Å². The largest absolute Gasteiger partial charge is 0.326 e. The van der Waals surface area contributed by atoms with E-state index >= 15 is 0 Å². The highest BCUT2D eigenvalue weighted by molar-refractivity contribution is 6.33. The quantitative estimate of drug-likeness (QED) is 0.628. The molecule has 0 saturated carbocycles. The molecule has 7 nitrogen and oxygen atoms in total. The Kier molecular flexibility index (Phi) is 6.64. The van der Waals surface area contributed by atoms with Gasteiger partial charge >= 0.3 is 0 Å². The molecule has 0 saturated heterocycles. The molecule has 0 unspecified atom stereocenters. The van der Waals surface area contributed by atoms with Crippen LogP contribution in [-0.2, 0) is 16.1 Å². The number of para-hydroxylation sites is 1. The van der Waals surface area contributed by atoms with E-state index in [-0.39, 0.29) is 12.5 Å². The molecule has 1 aromatic heterocycles. The fourth-order valence-corrected chi connectivity index (χ4v) is 2.94. The van der Waals surface area contributed by atoms with Crippen LogP contribution in [0.25, 0.3) is 11.3 Å². The summed E-state index contributed by atoms with van der Waals surface area (Å²) in [7, 11) is 0. The third kappa shape index (κ3) is 5.12. The van der Waals surface area contributed by atoms with Crippen molar-refractivity contribution in [3.8, 4) is 11.3 Å². The number of nitrogens with one attached hydrogen (secondary N) is 2. The number of nitrogens with zero attached hydrogens (tertiary/aromatic N) is 2. The van der Waals surface area contributed by atoms with Crippen LogP contribution in [0.3, 0.4) is 0 Å². The fourth-order valence-electron chi connectivity index (χ4n) is 2.76. The topological polar surface area (TPSA) is 93.1 Å². The summed E-state index contributed by atoms with van der Waals surface area (Å²) in [4.78, 5) is 36.3. The number of hydrogen-bond donors (Lipinski definition) is 2. The molecule has 0 radical (unpaired) electrons. The van der Waals surface area contributed by atoms with E-state index < -0.39 is 11.5 Å². The summed E-state index contributed by atoms with van der Waals surface area (Å²) in [6.45, 7) is 3.41. The van der Waals surface area contributed by atoms with Gasteiger partial charge in [-0.05, 0) is 36.8 Å². The van der Waals surface area contributed by atoms with Gasteiger partial charge in [0.25, 0.3) is 5.56 Å². The lowest BCUT2D eigenvalue weighted by molar-refractivity contribution is -0.117. The fraction of sp³-hybridized carbons (Fsp3) is 0.182.